The Bertz CT molecular complexity index is 1080. The average Bonchev–Trinajstić information content (AvgIpc) is 2.63. The third-order valence-corrected chi connectivity index (χ3v) is 4.82. The van der Waals surface area contributed by atoms with Crippen LogP contribution in [0.15, 0.2) is 47.3 Å². The fourth-order valence-electron chi connectivity index (χ4n) is 2.99. The van der Waals surface area contributed by atoms with Crippen molar-refractivity contribution in [2.24, 2.45) is 0 Å². The number of fused-ring (bicyclic) bond motifs is 1. The van der Waals surface area contributed by atoms with Crippen LogP contribution in [0.2, 0.25) is 0 Å². The van der Waals surface area contributed by atoms with Gasteiger partial charge in [0, 0.05) is 18.7 Å². The highest BCUT2D eigenvalue weighted by Crippen LogP contribution is 2.11. The van der Waals surface area contributed by atoms with E-state index in [1.807, 2.05) is 19.1 Å². The Balaban J connectivity index is 1.77. The maximum atomic E-state index is 12.4. The first kappa shape index (κ1) is 18.1. The smallest absolute Gasteiger partial charge is 0.262 e. The fourth-order valence-corrected chi connectivity index (χ4v) is 3.31. The predicted octanol–water partition coefficient (Wildman–Crippen LogP) is 3.36. The lowest BCUT2D eigenvalue weighted by molar-refractivity contribution is 0.0954. The Morgan fingerprint density at radius 3 is 2.73 bits per heavy atom. The molecule has 0 saturated heterocycles. The number of aryl methyl sites for hydroxylation is 1. The van der Waals surface area contributed by atoms with Gasteiger partial charge in [0.25, 0.3) is 11.5 Å². The number of rotatable bonds is 5. The lowest BCUT2D eigenvalue weighted by atomic mass is 10.1. The van der Waals surface area contributed by atoms with Crippen molar-refractivity contribution in [3.05, 3.63) is 74.3 Å². The first-order chi connectivity index (χ1) is 12.5. The van der Waals surface area contributed by atoms with Gasteiger partial charge in [0.1, 0.15) is 0 Å². The Hall–Kier alpha value is -2.73. The number of carbonyl (C=O) groups excluding carboxylic acids is 1. The van der Waals surface area contributed by atoms with E-state index in [1.54, 1.807) is 18.2 Å². The highest BCUT2D eigenvalue weighted by molar-refractivity contribution is 7.71. The van der Waals surface area contributed by atoms with Crippen LogP contribution >= 0.6 is 12.2 Å². The van der Waals surface area contributed by atoms with E-state index < -0.39 is 0 Å². The molecule has 5 nitrogen and oxygen atoms in total. The van der Waals surface area contributed by atoms with Crippen LogP contribution in [0.5, 0.6) is 0 Å². The summed E-state index contributed by atoms with van der Waals surface area (Å²) in [5.41, 5.74) is 3.37. The van der Waals surface area contributed by atoms with Crippen LogP contribution in [0.3, 0.4) is 0 Å². The van der Waals surface area contributed by atoms with Gasteiger partial charge in [0.05, 0.1) is 10.9 Å². The third-order valence-electron chi connectivity index (χ3n) is 4.50. The molecule has 0 spiro atoms. The number of hydrogen-bond acceptors (Lipinski definition) is 3. The van der Waals surface area contributed by atoms with Gasteiger partial charge in [-0.2, -0.15) is 0 Å². The summed E-state index contributed by atoms with van der Waals surface area (Å²) in [6.07, 6.45) is 0.773. The number of aromatic nitrogens is 2. The molecule has 0 radical (unpaired) electrons. The summed E-state index contributed by atoms with van der Waals surface area (Å²) >= 11 is 5.22. The van der Waals surface area contributed by atoms with Crippen molar-refractivity contribution >= 4 is 29.0 Å². The molecular weight excluding hydrogens is 346 g/mol. The summed E-state index contributed by atoms with van der Waals surface area (Å²) in [6, 6.07) is 13.1. The van der Waals surface area contributed by atoms with Crippen LogP contribution < -0.4 is 10.9 Å². The maximum absolute atomic E-state index is 12.4. The zero-order valence-electron chi connectivity index (χ0n) is 14.8. The van der Waals surface area contributed by atoms with Gasteiger partial charge < -0.3 is 10.3 Å². The van der Waals surface area contributed by atoms with Crippen molar-refractivity contribution < 1.29 is 4.79 Å². The number of benzene rings is 2. The van der Waals surface area contributed by atoms with Crippen LogP contribution in [0.4, 0.5) is 0 Å². The lowest BCUT2D eigenvalue weighted by Crippen LogP contribution is -2.26. The molecule has 134 valence electrons. The zero-order chi connectivity index (χ0) is 18.7. The molecule has 1 amide bonds. The Labute approximate surface area is 156 Å². The summed E-state index contributed by atoms with van der Waals surface area (Å²) in [5.74, 6) is -0.167. The lowest BCUT2D eigenvalue weighted by Gasteiger charge is -2.09. The van der Waals surface area contributed by atoms with Gasteiger partial charge in [-0.15, -0.1) is 0 Å². The van der Waals surface area contributed by atoms with Gasteiger partial charge in [0.15, 0.2) is 4.77 Å². The fraction of sp³-hybridized carbons (Fsp3) is 0.250. The third kappa shape index (κ3) is 3.60. The van der Waals surface area contributed by atoms with E-state index >= 15 is 0 Å². The number of amides is 1. The second-order valence-electron chi connectivity index (χ2n) is 6.17. The van der Waals surface area contributed by atoms with Gasteiger partial charge in [-0.1, -0.05) is 24.3 Å². The molecule has 1 heterocycles. The molecule has 3 rings (SSSR count). The highest BCUT2D eigenvalue weighted by Gasteiger charge is 2.10. The number of nitrogens with one attached hydrogen (secondary N) is 2. The molecule has 0 bridgehead atoms. The van der Waals surface area contributed by atoms with Crippen LogP contribution in [0.1, 0.15) is 28.4 Å². The van der Waals surface area contributed by atoms with E-state index in [0.717, 1.165) is 6.42 Å². The summed E-state index contributed by atoms with van der Waals surface area (Å²) in [7, 11) is 0. The van der Waals surface area contributed by atoms with Crippen molar-refractivity contribution in [3.63, 3.8) is 0 Å². The minimum absolute atomic E-state index is 0.141. The van der Waals surface area contributed by atoms with E-state index in [-0.39, 0.29) is 11.5 Å². The van der Waals surface area contributed by atoms with E-state index in [2.05, 4.69) is 29.4 Å². The predicted molar refractivity (Wildman–Crippen MR) is 106 cm³/mol. The monoisotopic (exact) mass is 367 g/mol. The molecular formula is C20H21N3O2S. The standard InChI is InChI=1S/C20H21N3O2S/c1-3-23-19(25)16-9-8-15(12-17(16)22-20(23)26)18(24)21-11-10-14-7-5-4-6-13(14)2/h4-9,12H,3,10-11H2,1-2H3,(H,21,24)(H,22,26). The Kier molecular flexibility index (Phi) is 5.32. The molecule has 0 aliphatic carbocycles. The second kappa shape index (κ2) is 7.66. The van der Waals surface area contributed by atoms with E-state index in [4.69, 9.17) is 12.2 Å². The second-order valence-corrected chi connectivity index (χ2v) is 6.56. The molecule has 0 saturated carbocycles. The van der Waals surface area contributed by atoms with Crippen LogP contribution in [-0.4, -0.2) is 22.0 Å². The topological polar surface area (TPSA) is 66.9 Å². The number of aromatic amines is 1. The molecule has 26 heavy (non-hydrogen) atoms. The van der Waals surface area contributed by atoms with Crippen LogP contribution in [-0.2, 0) is 13.0 Å². The van der Waals surface area contributed by atoms with Gasteiger partial charge >= 0.3 is 0 Å². The molecule has 0 fully saturated rings. The molecule has 6 heteroatoms. The average molecular weight is 367 g/mol. The van der Waals surface area contributed by atoms with Crippen molar-refractivity contribution in [3.8, 4) is 0 Å². The molecule has 0 aliphatic heterocycles. The molecule has 2 N–H and O–H groups in total. The summed E-state index contributed by atoms with van der Waals surface area (Å²) in [6.45, 7) is 4.99. The first-order valence-electron chi connectivity index (χ1n) is 8.61. The molecule has 3 aromatic rings. The minimum Gasteiger partial charge on any atom is -0.352 e. The molecule has 0 atom stereocenters. The SMILES string of the molecule is CCn1c(=S)[nH]c2cc(C(=O)NCCc3ccccc3C)ccc2c1=O. The molecule has 0 unspecified atom stereocenters. The van der Waals surface area contributed by atoms with Crippen molar-refractivity contribution in [2.45, 2.75) is 26.8 Å². The van der Waals surface area contributed by atoms with Gasteiger partial charge in [-0.05, 0) is 61.8 Å². The number of carbonyl (C=O) groups is 1. The van der Waals surface area contributed by atoms with Crippen molar-refractivity contribution in [2.75, 3.05) is 6.54 Å². The molecule has 0 aliphatic rings. The van der Waals surface area contributed by atoms with E-state index in [9.17, 15) is 9.59 Å². The number of nitrogens with zero attached hydrogens (tertiary/aromatic N) is 1. The number of hydrogen-bond donors (Lipinski definition) is 2. The van der Waals surface area contributed by atoms with Gasteiger partial charge in [-0.25, -0.2) is 0 Å². The van der Waals surface area contributed by atoms with E-state index in [0.29, 0.717) is 34.3 Å². The maximum Gasteiger partial charge on any atom is 0.262 e. The van der Waals surface area contributed by atoms with E-state index in [1.165, 1.54) is 15.7 Å². The summed E-state index contributed by atoms with van der Waals surface area (Å²) in [5, 5.41) is 3.45. The number of H-pyrrole nitrogens is 1. The first-order valence-corrected chi connectivity index (χ1v) is 9.01. The van der Waals surface area contributed by atoms with Crippen LogP contribution in [0, 0.1) is 11.7 Å². The van der Waals surface area contributed by atoms with Crippen molar-refractivity contribution in [1.29, 1.82) is 0 Å². The normalized spacial score (nSPS) is 10.8. The minimum atomic E-state index is -0.167. The van der Waals surface area contributed by atoms with Crippen molar-refractivity contribution in [1.82, 2.24) is 14.9 Å². The quantitative estimate of drug-likeness (QED) is 0.680. The highest BCUT2D eigenvalue weighted by atomic mass is 32.1. The Morgan fingerprint density at radius 2 is 2.00 bits per heavy atom. The van der Waals surface area contributed by atoms with Crippen LogP contribution in [0.25, 0.3) is 10.9 Å². The summed E-state index contributed by atoms with van der Waals surface area (Å²) < 4.78 is 1.86. The summed E-state index contributed by atoms with van der Waals surface area (Å²) in [4.78, 5) is 27.9. The molecule has 1 aromatic heterocycles. The molecule has 2 aromatic carbocycles. The van der Waals surface area contributed by atoms with Gasteiger partial charge in [0.2, 0.25) is 0 Å². The Morgan fingerprint density at radius 1 is 1.23 bits per heavy atom. The zero-order valence-corrected chi connectivity index (χ0v) is 15.7. The largest absolute Gasteiger partial charge is 0.352 e. The van der Waals surface area contributed by atoms with Gasteiger partial charge in [-0.3, -0.25) is 14.2 Å².